The third-order valence-corrected chi connectivity index (χ3v) is 6.40. The van der Waals surface area contributed by atoms with E-state index in [2.05, 4.69) is 34.2 Å². The molecule has 1 saturated heterocycles. The van der Waals surface area contributed by atoms with E-state index in [9.17, 15) is 4.39 Å². The summed E-state index contributed by atoms with van der Waals surface area (Å²) < 4.78 is 19.1. The first-order valence-corrected chi connectivity index (χ1v) is 12.2. The summed E-state index contributed by atoms with van der Waals surface area (Å²) in [4.78, 5) is 11.9. The number of halogens is 1. The zero-order valence-electron chi connectivity index (χ0n) is 21.1. The fourth-order valence-electron chi connectivity index (χ4n) is 4.34. The number of nitrogens with one attached hydrogen (secondary N) is 2. The van der Waals surface area contributed by atoms with Crippen LogP contribution in [0.3, 0.4) is 0 Å². The van der Waals surface area contributed by atoms with Gasteiger partial charge in [-0.25, -0.2) is 9.40 Å². The Morgan fingerprint density at radius 1 is 1.12 bits per heavy atom. The monoisotopic (exact) mass is 473 g/mol. The summed E-state index contributed by atoms with van der Waals surface area (Å²) in [6, 6.07) is 5.15. The van der Waals surface area contributed by atoms with Gasteiger partial charge in [0.15, 0.2) is 11.6 Å². The molecule has 2 fully saturated rings. The lowest BCUT2D eigenvalue weighted by molar-refractivity contribution is 0.0204. The summed E-state index contributed by atoms with van der Waals surface area (Å²) in [5.74, 6) is 1.54. The lowest BCUT2D eigenvalue weighted by atomic mass is 10.1. The Morgan fingerprint density at radius 2 is 1.79 bits per heavy atom. The molecule has 0 amide bonds. The fourth-order valence-corrected chi connectivity index (χ4v) is 4.34. The number of likely N-dealkylation sites (N-methyl/N-ethyl adjacent to an activating group) is 1. The van der Waals surface area contributed by atoms with Crippen molar-refractivity contribution >= 4 is 17.5 Å². The minimum atomic E-state index is -0.426. The molecule has 1 aliphatic heterocycles. The Labute approximate surface area is 203 Å². The maximum atomic E-state index is 14.1. The number of guanidine groups is 1. The molecular weight excluding hydrogens is 433 g/mol. The molecule has 1 heterocycles. The molecule has 0 radical (unpaired) electrons. The molecule has 0 atom stereocenters. The number of hydrogen-bond donors (Lipinski definition) is 2. The predicted molar refractivity (Wildman–Crippen MR) is 138 cm³/mol. The van der Waals surface area contributed by atoms with Crippen molar-refractivity contribution in [2.24, 2.45) is 9.98 Å². The van der Waals surface area contributed by atoms with E-state index in [0.717, 1.165) is 39.0 Å². The highest BCUT2D eigenvalue weighted by Crippen LogP contribution is 2.21. The topological polar surface area (TPSA) is 67.7 Å². The molecule has 1 aromatic carbocycles. The maximum Gasteiger partial charge on any atom is 0.243 e. The lowest BCUT2D eigenvalue weighted by Gasteiger charge is -2.38. The highest BCUT2D eigenvalue weighted by Gasteiger charge is 2.21. The number of amidine groups is 1. The smallest absolute Gasteiger partial charge is 0.243 e. The summed E-state index contributed by atoms with van der Waals surface area (Å²) in [6.45, 7) is 9.75. The van der Waals surface area contributed by atoms with Crippen LogP contribution < -0.4 is 15.4 Å². The third-order valence-electron chi connectivity index (χ3n) is 6.40. The molecule has 0 unspecified atom stereocenters. The van der Waals surface area contributed by atoms with Crippen LogP contribution in [0.5, 0.6) is 5.75 Å². The second-order valence-corrected chi connectivity index (χ2v) is 9.14. The minimum absolute atomic E-state index is 0.207. The third kappa shape index (κ3) is 7.70. The average molecular weight is 474 g/mol. The summed E-state index contributed by atoms with van der Waals surface area (Å²) in [6.07, 6.45) is 7.36. The van der Waals surface area contributed by atoms with Gasteiger partial charge in [0.05, 0.1) is 7.11 Å². The van der Waals surface area contributed by atoms with E-state index in [1.54, 1.807) is 12.1 Å². The molecule has 9 heteroatoms. The van der Waals surface area contributed by atoms with Gasteiger partial charge in [0.25, 0.3) is 0 Å². The Hall–Kier alpha value is -2.65. The van der Waals surface area contributed by atoms with Crippen molar-refractivity contribution in [1.29, 1.82) is 0 Å². The van der Waals surface area contributed by atoms with Gasteiger partial charge in [0.1, 0.15) is 11.7 Å². The molecule has 0 spiro atoms. The summed E-state index contributed by atoms with van der Waals surface area (Å²) >= 11 is 0. The standard InChI is InChI=1S/C25H40FN7O/c1-19(27-21-10-8-6-7-9-11-21)29-25(32(4)33-16-14-31(3)15-17-33)30-20(2)28-22-12-13-24(34-5)23(26)18-22/h12-13,18,21,27H,1,6-11,14-17H2,2-5H3,(H,28,29,30). The Bertz CT molecular complexity index is 872. The van der Waals surface area contributed by atoms with Crippen molar-refractivity contribution in [2.75, 3.05) is 52.7 Å². The van der Waals surface area contributed by atoms with Gasteiger partial charge in [-0.1, -0.05) is 32.3 Å². The zero-order chi connectivity index (χ0) is 24.5. The molecule has 3 rings (SSSR count). The first kappa shape index (κ1) is 26.0. The first-order valence-electron chi connectivity index (χ1n) is 12.2. The molecule has 34 heavy (non-hydrogen) atoms. The van der Waals surface area contributed by atoms with E-state index >= 15 is 0 Å². The highest BCUT2D eigenvalue weighted by molar-refractivity contribution is 6.02. The Kier molecular flexibility index (Phi) is 9.71. The van der Waals surface area contributed by atoms with Gasteiger partial charge in [-0.15, -0.1) is 0 Å². The number of ether oxygens (including phenoxy) is 1. The zero-order valence-corrected chi connectivity index (χ0v) is 21.1. The van der Waals surface area contributed by atoms with Crippen LogP contribution in [-0.4, -0.2) is 80.1 Å². The van der Waals surface area contributed by atoms with Gasteiger partial charge < -0.3 is 20.3 Å². The highest BCUT2D eigenvalue weighted by atomic mass is 19.1. The van der Waals surface area contributed by atoms with Crippen LogP contribution in [-0.2, 0) is 0 Å². The number of aliphatic imine (C=N–C) groups is 2. The van der Waals surface area contributed by atoms with Crippen molar-refractivity contribution in [1.82, 2.24) is 20.2 Å². The summed E-state index contributed by atoms with van der Waals surface area (Å²) in [5.41, 5.74) is 0.594. The van der Waals surface area contributed by atoms with Crippen molar-refractivity contribution in [2.45, 2.75) is 51.5 Å². The molecule has 0 aromatic heterocycles. The quantitative estimate of drug-likeness (QED) is 0.371. The van der Waals surface area contributed by atoms with Crippen molar-refractivity contribution < 1.29 is 9.13 Å². The van der Waals surface area contributed by atoms with Crippen molar-refractivity contribution in [3.63, 3.8) is 0 Å². The number of methoxy groups -OCH3 is 1. The molecule has 1 aromatic rings. The van der Waals surface area contributed by atoms with E-state index in [4.69, 9.17) is 14.7 Å². The van der Waals surface area contributed by atoms with Crippen LogP contribution in [0.15, 0.2) is 40.6 Å². The van der Waals surface area contributed by atoms with E-state index < -0.39 is 5.82 Å². The van der Waals surface area contributed by atoms with Crippen LogP contribution in [0.25, 0.3) is 0 Å². The molecule has 1 aliphatic carbocycles. The Morgan fingerprint density at radius 3 is 2.41 bits per heavy atom. The summed E-state index contributed by atoms with van der Waals surface area (Å²) in [7, 11) is 5.56. The predicted octanol–water partition coefficient (Wildman–Crippen LogP) is 3.90. The van der Waals surface area contributed by atoms with Crippen LogP contribution in [0.1, 0.15) is 45.4 Å². The number of hydrazine groups is 1. The van der Waals surface area contributed by atoms with E-state index in [1.807, 2.05) is 19.0 Å². The number of nitrogens with zero attached hydrogens (tertiary/aromatic N) is 5. The van der Waals surface area contributed by atoms with Crippen molar-refractivity contribution in [3.8, 4) is 5.75 Å². The number of benzene rings is 1. The van der Waals surface area contributed by atoms with Crippen LogP contribution in [0.4, 0.5) is 10.1 Å². The molecule has 0 bridgehead atoms. The largest absolute Gasteiger partial charge is 0.494 e. The van der Waals surface area contributed by atoms with Gasteiger partial charge in [-0.2, -0.15) is 9.98 Å². The van der Waals surface area contributed by atoms with Crippen LogP contribution in [0, 0.1) is 5.82 Å². The maximum absolute atomic E-state index is 14.1. The van der Waals surface area contributed by atoms with Gasteiger partial charge in [-0.05, 0) is 38.9 Å². The molecule has 2 aliphatic rings. The normalized spacial score (nSPS) is 19.4. The summed E-state index contributed by atoms with van der Waals surface area (Å²) in [5, 5.41) is 10.9. The molecular formula is C25H40FN7O. The van der Waals surface area contributed by atoms with E-state index in [0.29, 0.717) is 29.3 Å². The second-order valence-electron chi connectivity index (χ2n) is 9.14. The van der Waals surface area contributed by atoms with Gasteiger partial charge in [0, 0.05) is 51.0 Å². The molecule has 2 N–H and O–H groups in total. The van der Waals surface area contributed by atoms with Gasteiger partial charge in [0.2, 0.25) is 5.96 Å². The number of rotatable bonds is 6. The first-order chi connectivity index (χ1) is 16.4. The fraction of sp³-hybridized carbons (Fsp3) is 0.600. The number of piperazine rings is 1. The van der Waals surface area contributed by atoms with E-state index in [1.165, 1.54) is 38.9 Å². The second kappa shape index (κ2) is 12.7. The molecule has 8 nitrogen and oxygen atoms in total. The Balaban J connectivity index is 1.77. The number of anilines is 1. The van der Waals surface area contributed by atoms with Crippen LogP contribution >= 0.6 is 0 Å². The van der Waals surface area contributed by atoms with Gasteiger partial charge in [-0.3, -0.25) is 5.01 Å². The van der Waals surface area contributed by atoms with Crippen LogP contribution in [0.2, 0.25) is 0 Å². The SMILES string of the molecule is C=C(/N=C(\N=C(/C)Nc1ccc(OC)c(F)c1)N(C)N1CCN(C)CC1)NC1CCCCCC1. The van der Waals surface area contributed by atoms with Gasteiger partial charge >= 0.3 is 0 Å². The molecule has 188 valence electrons. The lowest BCUT2D eigenvalue weighted by Crippen LogP contribution is -2.53. The average Bonchev–Trinajstić information content (AvgIpc) is 3.07. The van der Waals surface area contributed by atoms with E-state index in [-0.39, 0.29) is 5.75 Å². The van der Waals surface area contributed by atoms with Crippen molar-refractivity contribution in [3.05, 3.63) is 36.4 Å². The molecule has 1 saturated carbocycles. The minimum Gasteiger partial charge on any atom is -0.494 e. The number of hydrogen-bond acceptors (Lipinski definition) is 5.